The van der Waals surface area contributed by atoms with Crippen molar-refractivity contribution >= 4 is 11.4 Å². The van der Waals surface area contributed by atoms with Gasteiger partial charge < -0.3 is 15.4 Å². The molecule has 20 heavy (non-hydrogen) atoms. The quantitative estimate of drug-likeness (QED) is 0.865. The van der Waals surface area contributed by atoms with Gasteiger partial charge >= 0.3 is 0 Å². The number of anilines is 2. The van der Waals surface area contributed by atoms with Gasteiger partial charge in [-0.25, -0.2) is 0 Å². The molecule has 3 heteroatoms. The van der Waals surface area contributed by atoms with Gasteiger partial charge in [-0.15, -0.1) is 0 Å². The smallest absolute Gasteiger partial charge is 0.144 e. The first-order chi connectivity index (χ1) is 9.65. The van der Waals surface area contributed by atoms with Gasteiger partial charge in [0.25, 0.3) is 0 Å². The lowest BCUT2D eigenvalue weighted by Crippen LogP contribution is -2.17. The van der Waals surface area contributed by atoms with Crippen molar-refractivity contribution in [3.8, 4) is 5.75 Å². The van der Waals surface area contributed by atoms with Gasteiger partial charge in [-0.2, -0.15) is 0 Å². The maximum absolute atomic E-state index is 6.28. The number of nitrogens with zero attached hydrogens (tertiary/aromatic N) is 1. The van der Waals surface area contributed by atoms with Crippen molar-refractivity contribution in [2.75, 3.05) is 10.6 Å². The molecule has 1 heterocycles. The Bertz CT molecular complexity index is 597. The molecule has 104 valence electrons. The van der Waals surface area contributed by atoms with E-state index in [4.69, 9.17) is 10.5 Å². The van der Waals surface area contributed by atoms with Gasteiger partial charge in [0.15, 0.2) is 0 Å². The number of nitrogen functional groups attached to an aromatic ring is 1. The molecule has 0 aromatic heterocycles. The zero-order valence-corrected chi connectivity index (χ0v) is 12.0. The zero-order chi connectivity index (χ0) is 14.1. The molecule has 0 bridgehead atoms. The number of nitrogens with two attached hydrogens (primary N) is 1. The van der Waals surface area contributed by atoms with E-state index in [1.54, 1.807) is 0 Å². The molecule has 0 atom stereocenters. The summed E-state index contributed by atoms with van der Waals surface area (Å²) in [7, 11) is 0. The molecule has 2 aromatic carbocycles. The Morgan fingerprint density at radius 1 is 1.00 bits per heavy atom. The minimum Gasteiger partial charge on any atom is -0.489 e. The van der Waals surface area contributed by atoms with Crippen LogP contribution < -0.4 is 15.4 Å². The van der Waals surface area contributed by atoms with Gasteiger partial charge in [0.05, 0.1) is 17.5 Å². The highest BCUT2D eigenvalue weighted by Crippen LogP contribution is 2.37. The maximum Gasteiger partial charge on any atom is 0.144 e. The van der Waals surface area contributed by atoms with Crippen LogP contribution in [0.15, 0.2) is 42.5 Å². The van der Waals surface area contributed by atoms with E-state index in [0.29, 0.717) is 0 Å². The fourth-order valence-electron chi connectivity index (χ4n) is 2.67. The molecular weight excluding hydrogens is 248 g/mol. The third kappa shape index (κ3) is 2.31. The predicted octanol–water partition coefficient (Wildman–Crippen LogP) is 3.58. The van der Waals surface area contributed by atoms with E-state index in [1.165, 1.54) is 11.1 Å². The van der Waals surface area contributed by atoms with Crippen LogP contribution in [-0.4, -0.2) is 6.10 Å². The van der Waals surface area contributed by atoms with Crippen molar-refractivity contribution in [3.63, 3.8) is 0 Å². The van der Waals surface area contributed by atoms with Gasteiger partial charge in [0.2, 0.25) is 0 Å². The summed E-state index contributed by atoms with van der Waals surface area (Å²) < 4.78 is 5.77. The van der Waals surface area contributed by atoms with Gasteiger partial charge in [0, 0.05) is 13.1 Å². The van der Waals surface area contributed by atoms with Gasteiger partial charge in [-0.3, -0.25) is 0 Å². The van der Waals surface area contributed by atoms with E-state index >= 15 is 0 Å². The normalized spacial score (nSPS) is 13.7. The molecule has 0 saturated carbocycles. The number of fused-ring (bicyclic) bond motifs is 1. The third-order valence-corrected chi connectivity index (χ3v) is 3.59. The largest absolute Gasteiger partial charge is 0.489 e. The molecule has 0 unspecified atom stereocenters. The van der Waals surface area contributed by atoms with Crippen LogP contribution in [0.4, 0.5) is 11.4 Å². The second kappa shape index (κ2) is 5.08. The highest BCUT2D eigenvalue weighted by Gasteiger charge is 2.21. The number of ether oxygens (including phenoxy) is 1. The maximum atomic E-state index is 6.28. The molecule has 2 N–H and O–H groups in total. The summed E-state index contributed by atoms with van der Waals surface area (Å²) in [6.07, 6.45) is 0.128. The van der Waals surface area contributed by atoms with Crippen LogP contribution in [0.3, 0.4) is 0 Å². The van der Waals surface area contributed by atoms with E-state index in [-0.39, 0.29) is 6.10 Å². The van der Waals surface area contributed by atoms with Gasteiger partial charge in [-0.1, -0.05) is 30.3 Å². The Balaban J connectivity index is 1.89. The lowest BCUT2D eigenvalue weighted by Gasteiger charge is -2.22. The lowest BCUT2D eigenvalue weighted by atomic mass is 10.1. The Morgan fingerprint density at radius 2 is 1.65 bits per heavy atom. The van der Waals surface area contributed by atoms with E-state index in [1.807, 2.05) is 26.0 Å². The Hall–Kier alpha value is -2.16. The van der Waals surface area contributed by atoms with Crippen molar-refractivity contribution in [2.45, 2.75) is 33.0 Å². The molecule has 2 aromatic rings. The number of hydrogen-bond acceptors (Lipinski definition) is 3. The number of hydrogen-bond donors (Lipinski definition) is 1. The van der Waals surface area contributed by atoms with Crippen LogP contribution in [0.2, 0.25) is 0 Å². The van der Waals surface area contributed by atoms with E-state index < -0.39 is 0 Å². The summed E-state index contributed by atoms with van der Waals surface area (Å²) >= 11 is 0. The van der Waals surface area contributed by atoms with Gasteiger partial charge in [0.1, 0.15) is 5.75 Å². The van der Waals surface area contributed by atoms with Crippen LogP contribution in [0, 0.1) is 0 Å². The summed E-state index contributed by atoms with van der Waals surface area (Å²) in [5.74, 6) is 0.772. The SMILES string of the molecule is CC(C)Oc1cccc(N2Cc3ccccc3C2)c1N. The van der Waals surface area contributed by atoms with Crippen molar-refractivity contribution in [1.82, 2.24) is 0 Å². The summed E-state index contributed by atoms with van der Waals surface area (Å²) in [5, 5.41) is 0. The Labute approximate surface area is 120 Å². The Kier molecular flexibility index (Phi) is 3.26. The minimum absolute atomic E-state index is 0.128. The summed E-state index contributed by atoms with van der Waals surface area (Å²) in [6, 6.07) is 14.5. The molecule has 0 saturated heterocycles. The van der Waals surface area contributed by atoms with Crippen molar-refractivity contribution in [1.29, 1.82) is 0 Å². The molecule has 0 radical (unpaired) electrons. The van der Waals surface area contributed by atoms with E-state index in [2.05, 4.69) is 35.2 Å². The van der Waals surface area contributed by atoms with Crippen LogP contribution in [0.25, 0.3) is 0 Å². The first kappa shape index (κ1) is 12.9. The third-order valence-electron chi connectivity index (χ3n) is 3.59. The van der Waals surface area contributed by atoms with Crippen LogP contribution in [0.1, 0.15) is 25.0 Å². The lowest BCUT2D eigenvalue weighted by molar-refractivity contribution is 0.244. The van der Waals surface area contributed by atoms with Crippen LogP contribution in [-0.2, 0) is 13.1 Å². The molecule has 0 spiro atoms. The van der Waals surface area contributed by atoms with Crippen molar-refractivity contribution in [3.05, 3.63) is 53.6 Å². The number of para-hydroxylation sites is 1. The second-order valence-electron chi connectivity index (χ2n) is 5.48. The molecule has 0 amide bonds. The first-order valence-corrected chi connectivity index (χ1v) is 7.02. The predicted molar refractivity (Wildman–Crippen MR) is 82.9 cm³/mol. The average Bonchev–Trinajstić information content (AvgIpc) is 2.84. The zero-order valence-electron chi connectivity index (χ0n) is 12.0. The molecule has 0 aliphatic carbocycles. The highest BCUT2D eigenvalue weighted by molar-refractivity contribution is 5.75. The molecule has 3 rings (SSSR count). The van der Waals surface area contributed by atoms with Gasteiger partial charge in [-0.05, 0) is 37.1 Å². The fraction of sp³-hybridized carbons (Fsp3) is 0.294. The summed E-state index contributed by atoms with van der Waals surface area (Å²) in [4.78, 5) is 2.30. The number of rotatable bonds is 3. The van der Waals surface area contributed by atoms with Crippen LogP contribution in [0.5, 0.6) is 5.75 Å². The average molecular weight is 268 g/mol. The summed E-state index contributed by atoms with van der Waals surface area (Å²) in [5.41, 5.74) is 10.8. The monoisotopic (exact) mass is 268 g/mol. The minimum atomic E-state index is 0.128. The molecule has 3 nitrogen and oxygen atoms in total. The molecule has 0 fully saturated rings. The topological polar surface area (TPSA) is 38.5 Å². The fourth-order valence-corrected chi connectivity index (χ4v) is 2.67. The number of benzene rings is 2. The molecule has 1 aliphatic rings. The van der Waals surface area contributed by atoms with E-state index in [0.717, 1.165) is 30.2 Å². The van der Waals surface area contributed by atoms with Crippen LogP contribution >= 0.6 is 0 Å². The van der Waals surface area contributed by atoms with E-state index in [9.17, 15) is 0 Å². The molecule has 1 aliphatic heterocycles. The van der Waals surface area contributed by atoms with Crippen molar-refractivity contribution < 1.29 is 4.74 Å². The van der Waals surface area contributed by atoms with Crippen molar-refractivity contribution in [2.24, 2.45) is 0 Å². The standard InChI is InChI=1S/C17H20N2O/c1-12(2)20-16-9-5-8-15(17(16)18)19-10-13-6-3-4-7-14(13)11-19/h3-9,12H,10-11,18H2,1-2H3. The Morgan fingerprint density at radius 3 is 2.25 bits per heavy atom. The molecular formula is C17H20N2O. The second-order valence-corrected chi connectivity index (χ2v) is 5.48. The first-order valence-electron chi connectivity index (χ1n) is 7.02. The highest BCUT2D eigenvalue weighted by atomic mass is 16.5. The summed E-state index contributed by atoms with van der Waals surface area (Å²) in [6.45, 7) is 5.84.